The van der Waals surface area contributed by atoms with Crippen LogP contribution in [0.4, 0.5) is 13.6 Å². The maximum atomic E-state index is 14.3. The Balaban J connectivity index is 0.00000312. The van der Waals surface area contributed by atoms with E-state index < -0.39 is 24.3 Å². The summed E-state index contributed by atoms with van der Waals surface area (Å²) in [4.78, 5) is 13.8. The molecular weight excluding hydrogens is 354 g/mol. The summed E-state index contributed by atoms with van der Waals surface area (Å²) in [5.41, 5.74) is -0.292. The lowest BCUT2D eigenvalue weighted by Crippen LogP contribution is -2.53. The summed E-state index contributed by atoms with van der Waals surface area (Å²) < 4.78 is 38.6. The van der Waals surface area contributed by atoms with E-state index in [-0.39, 0.29) is 29.8 Å². The molecule has 0 radical (unpaired) electrons. The summed E-state index contributed by atoms with van der Waals surface area (Å²) >= 11 is 0. The first-order valence-corrected chi connectivity index (χ1v) is 8.32. The Morgan fingerprint density at radius 1 is 1.36 bits per heavy atom. The Morgan fingerprint density at radius 3 is 2.80 bits per heavy atom. The number of carbonyl (C=O) groups excluding carboxylic acids is 1. The van der Waals surface area contributed by atoms with Crippen molar-refractivity contribution in [3.63, 3.8) is 0 Å². The van der Waals surface area contributed by atoms with E-state index >= 15 is 0 Å². The quantitative estimate of drug-likeness (QED) is 0.823. The molecule has 1 heterocycles. The van der Waals surface area contributed by atoms with Gasteiger partial charge < -0.3 is 19.7 Å². The molecule has 0 spiro atoms. The minimum atomic E-state index is -0.816. The van der Waals surface area contributed by atoms with Crippen molar-refractivity contribution in [1.29, 1.82) is 0 Å². The lowest BCUT2D eigenvalue weighted by Gasteiger charge is -2.34. The van der Waals surface area contributed by atoms with Crippen LogP contribution in [-0.2, 0) is 11.3 Å². The number of amides is 1. The SMILES string of the molecule is CCCOc1ccc(F)c(COC(=O)N2CCNC[C@H]2CC)c1F.Cl. The van der Waals surface area contributed by atoms with Gasteiger partial charge in [0.25, 0.3) is 0 Å². The number of ether oxygens (including phenoxy) is 2. The molecule has 1 aliphatic heterocycles. The molecule has 1 aromatic rings. The van der Waals surface area contributed by atoms with Gasteiger partial charge >= 0.3 is 6.09 Å². The number of halogens is 3. The summed E-state index contributed by atoms with van der Waals surface area (Å²) in [5, 5.41) is 3.20. The molecular formula is C17H25ClF2N2O3. The third-order valence-corrected chi connectivity index (χ3v) is 4.01. The molecule has 0 bridgehead atoms. The van der Waals surface area contributed by atoms with Gasteiger partial charge in [-0.15, -0.1) is 12.4 Å². The van der Waals surface area contributed by atoms with Gasteiger partial charge in [-0.1, -0.05) is 13.8 Å². The summed E-state index contributed by atoms with van der Waals surface area (Å²) in [6, 6.07) is 2.39. The Hall–Kier alpha value is -1.60. The minimum Gasteiger partial charge on any atom is -0.491 e. The van der Waals surface area contributed by atoms with Crippen molar-refractivity contribution >= 4 is 18.5 Å². The minimum absolute atomic E-state index is 0. The first-order chi connectivity index (χ1) is 11.6. The van der Waals surface area contributed by atoms with Gasteiger partial charge in [0.2, 0.25) is 0 Å². The van der Waals surface area contributed by atoms with Gasteiger partial charge in [0, 0.05) is 25.7 Å². The van der Waals surface area contributed by atoms with Crippen LogP contribution in [0.2, 0.25) is 0 Å². The van der Waals surface area contributed by atoms with Crippen LogP contribution < -0.4 is 10.1 Å². The summed E-state index contributed by atoms with van der Waals surface area (Å²) in [6.45, 7) is 5.62. The second kappa shape index (κ2) is 10.4. The van der Waals surface area contributed by atoms with Gasteiger partial charge in [-0.25, -0.2) is 13.6 Å². The second-order valence-electron chi connectivity index (χ2n) is 5.70. The summed E-state index contributed by atoms with van der Waals surface area (Å²) in [6.07, 6.45) is 0.940. The van der Waals surface area contributed by atoms with Gasteiger partial charge in [0.05, 0.1) is 12.2 Å². The number of carbonyl (C=O) groups is 1. The van der Waals surface area contributed by atoms with E-state index in [0.29, 0.717) is 32.7 Å². The van der Waals surface area contributed by atoms with E-state index in [1.54, 1.807) is 4.90 Å². The Labute approximate surface area is 153 Å². The maximum Gasteiger partial charge on any atom is 0.410 e. The first kappa shape index (κ1) is 21.4. The fourth-order valence-electron chi connectivity index (χ4n) is 2.61. The van der Waals surface area contributed by atoms with Crippen molar-refractivity contribution in [2.75, 3.05) is 26.2 Å². The molecule has 142 valence electrons. The maximum absolute atomic E-state index is 14.3. The van der Waals surface area contributed by atoms with E-state index in [1.807, 2.05) is 13.8 Å². The molecule has 0 unspecified atom stereocenters. The predicted molar refractivity (Wildman–Crippen MR) is 93.2 cm³/mol. The van der Waals surface area contributed by atoms with Gasteiger partial charge in [-0.2, -0.15) is 0 Å². The van der Waals surface area contributed by atoms with E-state index in [0.717, 1.165) is 12.5 Å². The third-order valence-electron chi connectivity index (χ3n) is 4.01. The molecule has 1 atom stereocenters. The van der Waals surface area contributed by atoms with Crippen LogP contribution in [0.1, 0.15) is 32.3 Å². The molecule has 1 fully saturated rings. The van der Waals surface area contributed by atoms with Crippen molar-refractivity contribution < 1.29 is 23.0 Å². The van der Waals surface area contributed by atoms with Crippen LogP contribution >= 0.6 is 12.4 Å². The van der Waals surface area contributed by atoms with Crippen molar-refractivity contribution in [1.82, 2.24) is 10.2 Å². The van der Waals surface area contributed by atoms with Crippen LogP contribution in [-0.4, -0.2) is 43.3 Å². The molecule has 1 aliphatic rings. The van der Waals surface area contributed by atoms with Crippen molar-refractivity contribution in [3.05, 3.63) is 29.3 Å². The van der Waals surface area contributed by atoms with Crippen LogP contribution in [0.25, 0.3) is 0 Å². The van der Waals surface area contributed by atoms with Crippen LogP contribution in [0.15, 0.2) is 12.1 Å². The van der Waals surface area contributed by atoms with Crippen molar-refractivity contribution in [2.45, 2.75) is 39.3 Å². The Bertz CT molecular complexity index is 575. The highest BCUT2D eigenvalue weighted by Gasteiger charge is 2.27. The van der Waals surface area contributed by atoms with Gasteiger partial charge in [0.15, 0.2) is 11.6 Å². The van der Waals surface area contributed by atoms with Crippen LogP contribution in [0.3, 0.4) is 0 Å². The first-order valence-electron chi connectivity index (χ1n) is 8.32. The smallest absolute Gasteiger partial charge is 0.410 e. The number of piperazine rings is 1. The zero-order valence-corrected chi connectivity index (χ0v) is 15.3. The van der Waals surface area contributed by atoms with Crippen molar-refractivity contribution in [3.8, 4) is 5.75 Å². The molecule has 0 aliphatic carbocycles. The number of nitrogens with zero attached hydrogens (tertiary/aromatic N) is 1. The monoisotopic (exact) mass is 378 g/mol. The molecule has 0 saturated carbocycles. The van der Waals surface area contributed by atoms with Crippen LogP contribution in [0, 0.1) is 11.6 Å². The zero-order chi connectivity index (χ0) is 17.5. The molecule has 1 N–H and O–H groups in total. The number of hydrogen-bond acceptors (Lipinski definition) is 4. The summed E-state index contributed by atoms with van der Waals surface area (Å²) in [5.74, 6) is -1.60. The molecule has 0 aromatic heterocycles. The van der Waals surface area contributed by atoms with Gasteiger partial charge in [-0.05, 0) is 25.0 Å². The number of rotatable bonds is 6. The lowest BCUT2D eigenvalue weighted by atomic mass is 10.1. The third kappa shape index (κ3) is 5.44. The largest absolute Gasteiger partial charge is 0.491 e. The number of hydrogen-bond donors (Lipinski definition) is 1. The molecule has 2 rings (SSSR count). The lowest BCUT2D eigenvalue weighted by molar-refractivity contribution is 0.0697. The fourth-order valence-corrected chi connectivity index (χ4v) is 2.61. The number of benzene rings is 1. The molecule has 1 amide bonds. The number of nitrogens with one attached hydrogen (secondary N) is 1. The molecule has 1 saturated heterocycles. The van der Waals surface area contributed by atoms with Crippen molar-refractivity contribution in [2.24, 2.45) is 0 Å². The highest BCUT2D eigenvalue weighted by molar-refractivity contribution is 5.85. The highest BCUT2D eigenvalue weighted by Crippen LogP contribution is 2.24. The Kier molecular flexibility index (Phi) is 8.92. The normalized spacial score (nSPS) is 17.0. The predicted octanol–water partition coefficient (Wildman–Crippen LogP) is 3.50. The Morgan fingerprint density at radius 2 is 2.12 bits per heavy atom. The molecule has 5 nitrogen and oxygen atoms in total. The second-order valence-corrected chi connectivity index (χ2v) is 5.70. The molecule has 8 heteroatoms. The van der Waals surface area contributed by atoms with E-state index in [1.165, 1.54) is 6.07 Å². The summed E-state index contributed by atoms with van der Waals surface area (Å²) in [7, 11) is 0. The average Bonchev–Trinajstić information content (AvgIpc) is 2.60. The van der Waals surface area contributed by atoms with E-state index in [9.17, 15) is 13.6 Å². The van der Waals surface area contributed by atoms with E-state index in [2.05, 4.69) is 5.32 Å². The highest BCUT2D eigenvalue weighted by atomic mass is 35.5. The average molecular weight is 379 g/mol. The zero-order valence-electron chi connectivity index (χ0n) is 14.5. The molecule has 25 heavy (non-hydrogen) atoms. The van der Waals surface area contributed by atoms with Gasteiger partial charge in [0.1, 0.15) is 12.4 Å². The van der Waals surface area contributed by atoms with E-state index in [4.69, 9.17) is 9.47 Å². The standard InChI is InChI=1S/C17H24F2N2O3.ClH/c1-3-9-23-15-6-5-14(18)13(16(15)19)11-24-17(22)21-8-7-20-10-12(21)4-2;/h5-6,12,20H,3-4,7-11H2,1-2H3;1H/t12-;/m1./s1. The van der Waals surface area contributed by atoms with Gasteiger partial charge in [-0.3, -0.25) is 0 Å². The topological polar surface area (TPSA) is 50.8 Å². The fraction of sp³-hybridized carbons (Fsp3) is 0.588. The molecule has 1 aromatic carbocycles. The van der Waals surface area contributed by atoms with Crippen LogP contribution in [0.5, 0.6) is 5.75 Å².